The molecule has 22 heavy (non-hydrogen) atoms. The summed E-state index contributed by atoms with van der Waals surface area (Å²) < 4.78 is 1.84. The first-order valence-electron chi connectivity index (χ1n) is 7.14. The number of amides is 2. The van der Waals surface area contributed by atoms with E-state index in [1.165, 1.54) is 0 Å². The summed E-state index contributed by atoms with van der Waals surface area (Å²) in [6.45, 7) is 5.94. The molecule has 1 atom stereocenters. The number of anilines is 1. The highest BCUT2D eigenvalue weighted by atomic mass is 32.2. The number of carbonyl (C=O) groups excluding carboxylic acids is 1. The van der Waals surface area contributed by atoms with E-state index in [-0.39, 0.29) is 12.1 Å². The topological polar surface area (TPSA) is 59.0 Å². The van der Waals surface area contributed by atoms with Crippen molar-refractivity contribution in [3.63, 3.8) is 0 Å². The molecular formula is C16H22N4OS. The van der Waals surface area contributed by atoms with Crippen LogP contribution in [0.3, 0.4) is 0 Å². The lowest BCUT2D eigenvalue weighted by atomic mass is 10.1. The predicted molar refractivity (Wildman–Crippen MR) is 91.5 cm³/mol. The van der Waals surface area contributed by atoms with Crippen molar-refractivity contribution < 1.29 is 4.79 Å². The molecule has 2 aromatic rings. The summed E-state index contributed by atoms with van der Waals surface area (Å²) >= 11 is 1.61. The Kier molecular flexibility index (Phi) is 5.13. The third kappa shape index (κ3) is 3.44. The number of rotatable bonds is 4. The van der Waals surface area contributed by atoms with E-state index in [4.69, 9.17) is 0 Å². The second-order valence-electron chi connectivity index (χ2n) is 5.23. The molecule has 1 aromatic heterocycles. The fraction of sp³-hybridized carbons (Fsp3) is 0.375. The highest BCUT2D eigenvalue weighted by molar-refractivity contribution is 7.98. The predicted octanol–water partition coefficient (Wildman–Crippen LogP) is 3.64. The summed E-state index contributed by atoms with van der Waals surface area (Å²) in [5.74, 6) is 0. The van der Waals surface area contributed by atoms with Gasteiger partial charge in [-0.2, -0.15) is 5.10 Å². The van der Waals surface area contributed by atoms with Gasteiger partial charge in [0.2, 0.25) is 0 Å². The molecule has 0 aliphatic carbocycles. The zero-order valence-electron chi connectivity index (χ0n) is 13.6. The first-order valence-corrected chi connectivity index (χ1v) is 8.37. The molecule has 1 heterocycles. The third-order valence-corrected chi connectivity index (χ3v) is 4.50. The Hall–Kier alpha value is -1.95. The maximum atomic E-state index is 12.2. The summed E-state index contributed by atoms with van der Waals surface area (Å²) in [7, 11) is 1.91. The van der Waals surface area contributed by atoms with Crippen LogP contribution in [0, 0.1) is 13.8 Å². The largest absolute Gasteiger partial charge is 0.331 e. The van der Waals surface area contributed by atoms with Crippen molar-refractivity contribution in [1.29, 1.82) is 0 Å². The molecule has 0 radical (unpaired) electrons. The van der Waals surface area contributed by atoms with Crippen LogP contribution in [-0.4, -0.2) is 22.1 Å². The van der Waals surface area contributed by atoms with Crippen LogP contribution in [0.1, 0.15) is 29.9 Å². The van der Waals surface area contributed by atoms with E-state index in [0.29, 0.717) is 0 Å². The summed E-state index contributed by atoms with van der Waals surface area (Å²) in [5, 5.41) is 10.3. The number of nitrogens with one attached hydrogen (secondary N) is 2. The van der Waals surface area contributed by atoms with Gasteiger partial charge in [0.15, 0.2) is 0 Å². The van der Waals surface area contributed by atoms with Crippen LogP contribution >= 0.6 is 11.8 Å². The molecule has 0 saturated heterocycles. The molecule has 0 aliphatic rings. The minimum atomic E-state index is -0.211. The summed E-state index contributed by atoms with van der Waals surface area (Å²) in [6, 6.07) is 7.44. The van der Waals surface area contributed by atoms with Crippen molar-refractivity contribution >= 4 is 23.5 Å². The molecule has 0 saturated carbocycles. The lowest BCUT2D eigenvalue weighted by Gasteiger charge is -2.16. The Morgan fingerprint density at radius 2 is 2.00 bits per heavy atom. The minimum Gasteiger partial charge on any atom is -0.331 e. The van der Waals surface area contributed by atoms with Gasteiger partial charge < -0.3 is 10.6 Å². The van der Waals surface area contributed by atoms with Gasteiger partial charge in [-0.15, -0.1) is 11.8 Å². The number of thioether (sulfide) groups is 1. The van der Waals surface area contributed by atoms with Gasteiger partial charge in [-0.25, -0.2) is 4.79 Å². The molecule has 0 aliphatic heterocycles. The van der Waals surface area contributed by atoms with E-state index in [2.05, 4.69) is 15.7 Å². The molecule has 2 amide bonds. The van der Waals surface area contributed by atoms with Gasteiger partial charge in [0.1, 0.15) is 0 Å². The average Bonchev–Trinajstić information content (AvgIpc) is 2.72. The standard InChI is InChI=1S/C16H22N4OS/c1-10(15-11(2)19-20(4)12(15)3)17-16(21)18-13-8-6-7-9-14(13)22-5/h6-10H,1-5H3,(H2,17,18,21)/t10-/m1/s1. The number of urea groups is 1. The van der Waals surface area contributed by atoms with Crippen molar-refractivity contribution in [1.82, 2.24) is 15.1 Å². The van der Waals surface area contributed by atoms with Gasteiger partial charge in [0, 0.05) is 23.2 Å². The van der Waals surface area contributed by atoms with Crippen LogP contribution < -0.4 is 10.6 Å². The Balaban J connectivity index is 2.08. The Labute approximate surface area is 135 Å². The Morgan fingerprint density at radius 1 is 1.32 bits per heavy atom. The summed E-state index contributed by atoms with van der Waals surface area (Å²) in [5.41, 5.74) is 3.89. The number of benzene rings is 1. The van der Waals surface area contributed by atoms with Crippen LogP contribution in [0.15, 0.2) is 29.2 Å². The summed E-state index contributed by atoms with van der Waals surface area (Å²) in [4.78, 5) is 13.3. The molecule has 6 heteroatoms. The Morgan fingerprint density at radius 3 is 2.59 bits per heavy atom. The van der Waals surface area contributed by atoms with Crippen molar-refractivity contribution in [2.45, 2.75) is 31.7 Å². The van der Waals surface area contributed by atoms with Crippen molar-refractivity contribution in [3.05, 3.63) is 41.2 Å². The van der Waals surface area contributed by atoms with Crippen LogP contribution in [0.4, 0.5) is 10.5 Å². The highest BCUT2D eigenvalue weighted by Gasteiger charge is 2.18. The molecule has 5 nitrogen and oxygen atoms in total. The van der Waals surface area contributed by atoms with E-state index >= 15 is 0 Å². The second kappa shape index (κ2) is 6.87. The van der Waals surface area contributed by atoms with E-state index in [1.54, 1.807) is 11.8 Å². The lowest BCUT2D eigenvalue weighted by Crippen LogP contribution is -2.31. The van der Waals surface area contributed by atoms with Crippen LogP contribution in [0.5, 0.6) is 0 Å². The highest BCUT2D eigenvalue weighted by Crippen LogP contribution is 2.25. The normalized spacial score (nSPS) is 12.0. The van der Waals surface area contributed by atoms with Gasteiger partial charge >= 0.3 is 6.03 Å². The smallest absolute Gasteiger partial charge is 0.319 e. The zero-order chi connectivity index (χ0) is 16.3. The van der Waals surface area contributed by atoms with Crippen molar-refractivity contribution in [2.75, 3.05) is 11.6 Å². The fourth-order valence-corrected chi connectivity index (χ4v) is 3.15. The van der Waals surface area contributed by atoms with Crippen LogP contribution in [0.2, 0.25) is 0 Å². The van der Waals surface area contributed by atoms with E-state index < -0.39 is 0 Å². The SMILES string of the molecule is CSc1ccccc1NC(=O)N[C@H](C)c1c(C)nn(C)c1C. The number of aryl methyl sites for hydroxylation is 2. The van der Waals surface area contributed by atoms with Gasteiger partial charge in [0.05, 0.1) is 17.4 Å². The molecule has 0 bridgehead atoms. The van der Waals surface area contributed by atoms with E-state index in [0.717, 1.165) is 27.5 Å². The molecular weight excluding hydrogens is 296 g/mol. The molecule has 0 spiro atoms. The first kappa shape index (κ1) is 16.4. The molecule has 1 aromatic carbocycles. The van der Waals surface area contributed by atoms with Gasteiger partial charge in [-0.3, -0.25) is 4.68 Å². The van der Waals surface area contributed by atoms with Crippen LogP contribution in [0.25, 0.3) is 0 Å². The number of carbonyl (C=O) groups is 1. The Bertz CT molecular complexity index is 681. The number of para-hydroxylation sites is 1. The quantitative estimate of drug-likeness (QED) is 0.846. The van der Waals surface area contributed by atoms with Crippen molar-refractivity contribution in [2.24, 2.45) is 7.05 Å². The maximum Gasteiger partial charge on any atom is 0.319 e. The molecule has 2 rings (SSSR count). The fourth-order valence-electron chi connectivity index (χ4n) is 2.59. The molecule has 2 N–H and O–H groups in total. The van der Waals surface area contributed by atoms with E-state index in [9.17, 15) is 4.79 Å². The molecule has 0 fully saturated rings. The number of nitrogens with zero attached hydrogens (tertiary/aromatic N) is 2. The third-order valence-electron chi connectivity index (χ3n) is 3.70. The monoisotopic (exact) mass is 318 g/mol. The van der Waals surface area contributed by atoms with Gasteiger partial charge in [-0.05, 0) is 39.2 Å². The zero-order valence-corrected chi connectivity index (χ0v) is 14.4. The lowest BCUT2D eigenvalue weighted by molar-refractivity contribution is 0.249. The average molecular weight is 318 g/mol. The number of hydrogen-bond acceptors (Lipinski definition) is 3. The molecule has 0 unspecified atom stereocenters. The number of aromatic nitrogens is 2. The van der Waals surface area contributed by atoms with Gasteiger partial charge in [-0.1, -0.05) is 12.1 Å². The van der Waals surface area contributed by atoms with E-state index in [1.807, 2.05) is 63.0 Å². The molecule has 118 valence electrons. The maximum absolute atomic E-state index is 12.2. The second-order valence-corrected chi connectivity index (χ2v) is 6.08. The summed E-state index contributed by atoms with van der Waals surface area (Å²) in [6.07, 6.45) is 1.99. The van der Waals surface area contributed by atoms with Gasteiger partial charge in [0.25, 0.3) is 0 Å². The number of hydrogen-bond donors (Lipinski definition) is 2. The van der Waals surface area contributed by atoms with Crippen molar-refractivity contribution in [3.8, 4) is 0 Å². The first-order chi connectivity index (χ1) is 10.4. The minimum absolute atomic E-state index is 0.102. The van der Waals surface area contributed by atoms with Crippen LogP contribution in [-0.2, 0) is 7.05 Å².